The highest BCUT2D eigenvalue weighted by molar-refractivity contribution is 7.89. The molecule has 0 aromatic heterocycles. The van der Waals surface area contributed by atoms with Crippen molar-refractivity contribution in [2.24, 2.45) is 5.41 Å². The van der Waals surface area contributed by atoms with Gasteiger partial charge in [0.25, 0.3) is 0 Å². The molecule has 0 radical (unpaired) electrons. The fourth-order valence-electron chi connectivity index (χ4n) is 3.97. The van der Waals surface area contributed by atoms with Crippen LogP contribution in [-0.4, -0.2) is 69.4 Å². The second-order valence-corrected chi connectivity index (χ2v) is 11.1. The third kappa shape index (κ3) is 6.38. The highest BCUT2D eigenvalue weighted by Gasteiger charge is 2.36. The Labute approximate surface area is 209 Å². The van der Waals surface area contributed by atoms with Crippen LogP contribution in [0.15, 0.2) is 47.4 Å². The zero-order valence-electron chi connectivity index (χ0n) is 20.5. The number of amides is 1. The molecule has 2 aromatic rings. The van der Waals surface area contributed by atoms with E-state index in [1.54, 1.807) is 4.90 Å². The number of hydrogen-bond donors (Lipinski definition) is 0. The van der Waals surface area contributed by atoms with Crippen molar-refractivity contribution in [2.75, 3.05) is 39.9 Å². The van der Waals surface area contributed by atoms with Crippen LogP contribution in [0.4, 0.5) is 8.78 Å². The van der Waals surface area contributed by atoms with Gasteiger partial charge in [0.15, 0.2) is 11.6 Å². The molecule has 1 amide bonds. The van der Waals surface area contributed by atoms with Gasteiger partial charge in [0.1, 0.15) is 5.75 Å². The van der Waals surface area contributed by atoms with Crippen molar-refractivity contribution in [3.63, 3.8) is 0 Å². The first-order valence-electron chi connectivity index (χ1n) is 11.5. The Bertz CT molecular complexity index is 1190. The smallest absolute Gasteiger partial charge is 0.337 e. The molecule has 196 valence electrons. The van der Waals surface area contributed by atoms with E-state index in [0.29, 0.717) is 12.8 Å². The second kappa shape index (κ2) is 11.3. The predicted molar refractivity (Wildman–Crippen MR) is 128 cm³/mol. The fraction of sp³-hybridized carbons (Fsp3) is 0.440. The molecule has 0 unspecified atom stereocenters. The van der Waals surface area contributed by atoms with Crippen LogP contribution >= 0.6 is 0 Å². The molecule has 11 heteroatoms. The van der Waals surface area contributed by atoms with Gasteiger partial charge >= 0.3 is 5.97 Å². The lowest BCUT2D eigenvalue weighted by Gasteiger charge is -2.38. The van der Waals surface area contributed by atoms with E-state index >= 15 is 0 Å². The first-order chi connectivity index (χ1) is 17.0. The number of benzene rings is 2. The minimum atomic E-state index is -3.77. The Balaban J connectivity index is 1.50. The summed E-state index contributed by atoms with van der Waals surface area (Å²) < 4.78 is 63.7. The average Bonchev–Trinajstić information content (AvgIpc) is 2.87. The van der Waals surface area contributed by atoms with E-state index < -0.39 is 33.0 Å². The van der Waals surface area contributed by atoms with Crippen molar-refractivity contribution < 1.29 is 36.3 Å². The summed E-state index contributed by atoms with van der Waals surface area (Å²) in [7, 11) is -2.52. The fourth-order valence-corrected chi connectivity index (χ4v) is 5.39. The molecule has 36 heavy (non-hydrogen) atoms. The Morgan fingerprint density at radius 2 is 1.61 bits per heavy atom. The van der Waals surface area contributed by atoms with Crippen molar-refractivity contribution in [2.45, 2.75) is 31.6 Å². The highest BCUT2D eigenvalue weighted by Crippen LogP contribution is 2.27. The van der Waals surface area contributed by atoms with Crippen molar-refractivity contribution >= 4 is 21.9 Å². The maximum absolute atomic E-state index is 13.3. The molecular formula is C25H30F2N2O6S. The molecule has 0 bridgehead atoms. The molecule has 2 aromatic carbocycles. The molecule has 3 rings (SSSR count). The molecule has 1 aliphatic rings. The van der Waals surface area contributed by atoms with Crippen LogP contribution in [0, 0.1) is 17.0 Å². The molecule has 0 saturated carbocycles. The number of carbonyl (C=O) groups excluding carboxylic acids is 2. The van der Waals surface area contributed by atoms with Gasteiger partial charge in [-0.3, -0.25) is 4.79 Å². The van der Waals surface area contributed by atoms with Crippen LogP contribution in [0.3, 0.4) is 0 Å². The van der Waals surface area contributed by atoms with E-state index in [0.717, 1.165) is 12.1 Å². The first-order valence-corrected chi connectivity index (χ1v) is 13.0. The normalized spacial score (nSPS) is 15.0. The van der Waals surface area contributed by atoms with Crippen LogP contribution in [0.2, 0.25) is 0 Å². The SMILES string of the molecule is COC(=O)c1ccc(S(=O)(=O)N2CCN(C(=O)C(C)(C)CCCOc3ccc(F)c(F)c3)CC2)cc1. The molecule has 0 N–H and O–H groups in total. The maximum Gasteiger partial charge on any atom is 0.337 e. The van der Waals surface area contributed by atoms with Gasteiger partial charge in [0.05, 0.1) is 24.2 Å². The lowest BCUT2D eigenvalue weighted by atomic mass is 9.86. The third-order valence-corrected chi connectivity index (χ3v) is 8.04. The number of methoxy groups -OCH3 is 1. The van der Waals surface area contributed by atoms with E-state index in [2.05, 4.69) is 4.74 Å². The molecule has 1 saturated heterocycles. The molecular weight excluding hydrogens is 494 g/mol. The molecule has 8 nitrogen and oxygen atoms in total. The summed E-state index contributed by atoms with van der Waals surface area (Å²) in [5.41, 5.74) is -0.452. The predicted octanol–water partition coefficient (Wildman–Crippen LogP) is 3.47. The summed E-state index contributed by atoms with van der Waals surface area (Å²) in [5, 5.41) is 0. The number of hydrogen-bond acceptors (Lipinski definition) is 6. The number of ether oxygens (including phenoxy) is 2. The van der Waals surface area contributed by atoms with Gasteiger partial charge in [-0.05, 0) is 49.2 Å². The zero-order valence-corrected chi connectivity index (χ0v) is 21.3. The molecule has 0 spiro atoms. The number of nitrogens with zero attached hydrogens (tertiary/aromatic N) is 2. The second-order valence-electron chi connectivity index (χ2n) is 9.12. The molecule has 1 aliphatic heterocycles. The Kier molecular flexibility index (Phi) is 8.67. The van der Waals surface area contributed by atoms with Crippen LogP contribution in [0.5, 0.6) is 5.75 Å². The number of esters is 1. The lowest BCUT2D eigenvalue weighted by Crippen LogP contribution is -2.53. The quantitative estimate of drug-likeness (QED) is 0.369. The topological polar surface area (TPSA) is 93.2 Å². The minimum absolute atomic E-state index is 0.0660. The highest BCUT2D eigenvalue weighted by atomic mass is 32.2. The minimum Gasteiger partial charge on any atom is -0.493 e. The summed E-state index contributed by atoms with van der Waals surface area (Å²) in [5.74, 6) is -2.35. The summed E-state index contributed by atoms with van der Waals surface area (Å²) in [6, 6.07) is 8.85. The Hall–Kier alpha value is -3.05. The molecule has 0 atom stereocenters. The average molecular weight is 525 g/mol. The van der Waals surface area contributed by atoms with Gasteiger partial charge in [-0.15, -0.1) is 0 Å². The van der Waals surface area contributed by atoms with E-state index in [-0.39, 0.29) is 54.9 Å². The molecule has 1 fully saturated rings. The summed E-state index contributed by atoms with van der Waals surface area (Å²) >= 11 is 0. The van der Waals surface area contributed by atoms with Gasteiger partial charge in [-0.2, -0.15) is 4.31 Å². The summed E-state index contributed by atoms with van der Waals surface area (Å²) in [6.07, 6.45) is 1.02. The van der Waals surface area contributed by atoms with Gasteiger partial charge in [0.2, 0.25) is 15.9 Å². The standard InChI is InChI=1S/C25H30F2N2O6S/c1-25(2,11-4-16-35-19-7-10-21(26)22(27)17-19)24(31)28-12-14-29(15-13-28)36(32,33)20-8-5-18(6-9-20)23(30)34-3/h5-10,17H,4,11-16H2,1-3H3. The van der Waals surface area contributed by atoms with Gasteiger partial charge in [0, 0.05) is 37.7 Å². The van der Waals surface area contributed by atoms with Crippen LogP contribution < -0.4 is 4.74 Å². The summed E-state index contributed by atoms with van der Waals surface area (Å²) in [4.78, 5) is 26.4. The van der Waals surface area contributed by atoms with E-state index in [1.165, 1.54) is 41.7 Å². The van der Waals surface area contributed by atoms with Gasteiger partial charge in [-0.1, -0.05) is 13.8 Å². The number of carbonyl (C=O) groups is 2. The molecule has 1 heterocycles. The van der Waals surface area contributed by atoms with Gasteiger partial charge < -0.3 is 14.4 Å². The summed E-state index contributed by atoms with van der Waals surface area (Å²) in [6.45, 7) is 4.70. The van der Waals surface area contributed by atoms with Crippen molar-refractivity contribution in [3.8, 4) is 5.75 Å². The molecule has 0 aliphatic carbocycles. The van der Waals surface area contributed by atoms with E-state index in [4.69, 9.17) is 4.74 Å². The first kappa shape index (κ1) is 27.5. The van der Waals surface area contributed by atoms with E-state index in [9.17, 15) is 26.8 Å². The number of rotatable bonds is 9. The number of piperazine rings is 1. The monoisotopic (exact) mass is 524 g/mol. The van der Waals surface area contributed by atoms with E-state index in [1.807, 2.05) is 13.8 Å². The third-order valence-electron chi connectivity index (χ3n) is 6.12. The van der Waals surface area contributed by atoms with Crippen molar-refractivity contribution in [1.29, 1.82) is 0 Å². The van der Waals surface area contributed by atoms with Crippen molar-refractivity contribution in [3.05, 3.63) is 59.7 Å². The van der Waals surface area contributed by atoms with Gasteiger partial charge in [-0.25, -0.2) is 22.0 Å². The van der Waals surface area contributed by atoms with Crippen LogP contribution in [0.1, 0.15) is 37.0 Å². The number of halogens is 2. The van der Waals surface area contributed by atoms with Crippen molar-refractivity contribution in [1.82, 2.24) is 9.21 Å². The lowest BCUT2D eigenvalue weighted by molar-refractivity contribution is -0.142. The number of sulfonamides is 1. The largest absolute Gasteiger partial charge is 0.493 e. The van der Waals surface area contributed by atoms with Crippen LogP contribution in [0.25, 0.3) is 0 Å². The maximum atomic E-state index is 13.3. The van der Waals surface area contributed by atoms with Crippen LogP contribution in [-0.2, 0) is 19.6 Å². The zero-order chi connectivity index (χ0) is 26.5. The Morgan fingerprint density at radius 1 is 0.972 bits per heavy atom. The Morgan fingerprint density at radius 3 is 2.19 bits per heavy atom.